The van der Waals surface area contributed by atoms with E-state index in [0.717, 1.165) is 11.8 Å². The van der Waals surface area contributed by atoms with Crippen LogP contribution in [-0.2, 0) is 0 Å². The van der Waals surface area contributed by atoms with E-state index in [1.165, 1.54) is 38.5 Å². The van der Waals surface area contributed by atoms with Crippen LogP contribution in [0.5, 0.6) is 0 Å². The van der Waals surface area contributed by atoms with Gasteiger partial charge < -0.3 is 10.2 Å². The van der Waals surface area contributed by atoms with Crippen LogP contribution in [0, 0.1) is 5.92 Å². The van der Waals surface area contributed by atoms with Crippen LogP contribution in [0.15, 0.2) is 0 Å². The Hall–Kier alpha value is -0.440. The predicted octanol–water partition coefficient (Wildman–Crippen LogP) is 3.42. The van der Waals surface area contributed by atoms with Crippen LogP contribution in [0.3, 0.4) is 0 Å². The Morgan fingerprint density at radius 1 is 1.23 bits per heavy atom. The van der Waals surface area contributed by atoms with Gasteiger partial charge in [-0.15, -0.1) is 11.6 Å². The molecule has 0 aliphatic heterocycles. The molecule has 4 heteroatoms. The first-order valence-electron chi connectivity index (χ1n) is 4.64. The van der Waals surface area contributed by atoms with Gasteiger partial charge in [0.1, 0.15) is 0 Å². The highest BCUT2D eigenvalue weighted by Gasteiger charge is 2.11. The Kier molecular flexibility index (Phi) is 7.90. The van der Waals surface area contributed by atoms with Gasteiger partial charge in [-0.1, -0.05) is 32.1 Å². The third-order valence-electron chi connectivity index (χ3n) is 2.24. The van der Waals surface area contributed by atoms with E-state index in [-0.39, 0.29) is 0 Å². The molecule has 3 nitrogen and oxygen atoms in total. The van der Waals surface area contributed by atoms with E-state index in [1.807, 2.05) is 0 Å². The number of halogens is 1. The van der Waals surface area contributed by atoms with Crippen molar-refractivity contribution in [3.05, 3.63) is 0 Å². The van der Waals surface area contributed by atoms with Crippen molar-refractivity contribution in [1.82, 2.24) is 0 Å². The van der Waals surface area contributed by atoms with Gasteiger partial charge in [-0.3, -0.25) is 0 Å². The molecule has 0 aromatic heterocycles. The highest BCUT2D eigenvalue weighted by atomic mass is 35.5. The fourth-order valence-electron chi connectivity index (χ4n) is 1.63. The Morgan fingerprint density at radius 3 is 2.08 bits per heavy atom. The zero-order valence-corrected chi connectivity index (χ0v) is 8.46. The fraction of sp³-hybridized carbons (Fsp3) is 0.889. The zero-order valence-electron chi connectivity index (χ0n) is 7.71. The average molecular weight is 209 g/mol. The van der Waals surface area contributed by atoms with Crippen molar-refractivity contribution in [2.45, 2.75) is 38.5 Å². The van der Waals surface area contributed by atoms with Crippen LogP contribution < -0.4 is 0 Å². The molecule has 13 heavy (non-hydrogen) atoms. The van der Waals surface area contributed by atoms with Crippen LogP contribution in [0.4, 0.5) is 4.79 Å². The summed E-state index contributed by atoms with van der Waals surface area (Å²) in [5.41, 5.74) is 0. The Morgan fingerprint density at radius 2 is 1.69 bits per heavy atom. The van der Waals surface area contributed by atoms with Gasteiger partial charge in [0, 0.05) is 5.88 Å². The summed E-state index contributed by atoms with van der Waals surface area (Å²) in [6, 6.07) is 0. The van der Waals surface area contributed by atoms with E-state index in [0.29, 0.717) is 0 Å². The van der Waals surface area contributed by atoms with E-state index in [2.05, 4.69) is 0 Å². The van der Waals surface area contributed by atoms with Gasteiger partial charge in [0.25, 0.3) is 0 Å². The summed E-state index contributed by atoms with van der Waals surface area (Å²) in [5, 5.41) is 13.9. The lowest BCUT2D eigenvalue weighted by molar-refractivity contribution is 0.137. The molecule has 1 saturated carbocycles. The molecular formula is C9H17ClO3. The summed E-state index contributed by atoms with van der Waals surface area (Å²) in [5.74, 6) is 1.83. The number of carboxylic acid groups (broad SMARTS) is 2. The minimum Gasteiger partial charge on any atom is -0.450 e. The van der Waals surface area contributed by atoms with Crippen molar-refractivity contribution in [2.75, 3.05) is 5.88 Å². The van der Waals surface area contributed by atoms with Gasteiger partial charge in [0.2, 0.25) is 0 Å². The van der Waals surface area contributed by atoms with Crippen molar-refractivity contribution >= 4 is 17.8 Å². The van der Waals surface area contributed by atoms with E-state index in [4.69, 9.17) is 26.6 Å². The van der Waals surface area contributed by atoms with Crippen molar-refractivity contribution < 1.29 is 15.0 Å². The monoisotopic (exact) mass is 208 g/mol. The summed E-state index contributed by atoms with van der Waals surface area (Å²) in [6.45, 7) is 0. The van der Waals surface area contributed by atoms with Gasteiger partial charge in [-0.25, -0.2) is 4.79 Å². The molecule has 0 atom stereocenters. The lowest BCUT2D eigenvalue weighted by atomic mass is 9.88. The molecule has 1 aliphatic rings. The van der Waals surface area contributed by atoms with E-state index >= 15 is 0 Å². The summed E-state index contributed by atoms with van der Waals surface area (Å²) < 4.78 is 0. The molecule has 0 heterocycles. The summed E-state index contributed by atoms with van der Waals surface area (Å²) in [7, 11) is 0. The number of alkyl halides is 1. The minimum atomic E-state index is -1.83. The molecule has 78 valence electrons. The number of carbonyl (C=O) groups is 1. The summed E-state index contributed by atoms with van der Waals surface area (Å²) >= 11 is 5.63. The molecule has 2 N–H and O–H groups in total. The SMILES string of the molecule is ClCCC1CCCCC1.O=C(O)O. The van der Waals surface area contributed by atoms with Gasteiger partial charge >= 0.3 is 6.16 Å². The van der Waals surface area contributed by atoms with Crippen LogP contribution >= 0.6 is 11.6 Å². The zero-order chi connectivity index (χ0) is 10.1. The number of rotatable bonds is 2. The smallest absolute Gasteiger partial charge is 0.450 e. The van der Waals surface area contributed by atoms with E-state index in [9.17, 15) is 0 Å². The number of hydrogen-bond acceptors (Lipinski definition) is 1. The maximum atomic E-state index is 8.56. The maximum Gasteiger partial charge on any atom is 0.503 e. The van der Waals surface area contributed by atoms with Crippen molar-refractivity contribution in [3.8, 4) is 0 Å². The molecule has 0 aromatic rings. The molecule has 0 unspecified atom stereocenters. The summed E-state index contributed by atoms with van der Waals surface area (Å²) in [4.78, 5) is 8.56. The van der Waals surface area contributed by atoms with Crippen molar-refractivity contribution in [1.29, 1.82) is 0 Å². The molecule has 0 saturated heterocycles. The first-order chi connectivity index (χ1) is 6.16. The van der Waals surface area contributed by atoms with Gasteiger partial charge in [-0.2, -0.15) is 0 Å². The second-order valence-corrected chi connectivity index (χ2v) is 3.64. The lowest BCUT2D eigenvalue weighted by Gasteiger charge is -2.19. The van der Waals surface area contributed by atoms with E-state index < -0.39 is 6.16 Å². The first kappa shape index (κ1) is 12.6. The van der Waals surface area contributed by atoms with Crippen LogP contribution in [0.25, 0.3) is 0 Å². The Balaban J connectivity index is 0.000000310. The molecule has 1 fully saturated rings. The van der Waals surface area contributed by atoms with Crippen molar-refractivity contribution in [2.24, 2.45) is 5.92 Å². The molecule has 0 spiro atoms. The summed E-state index contributed by atoms with van der Waals surface area (Å²) in [6.07, 6.45) is 6.64. The quantitative estimate of drug-likeness (QED) is 0.684. The number of hydrogen-bond donors (Lipinski definition) is 2. The molecular weight excluding hydrogens is 192 g/mol. The molecule has 0 aromatic carbocycles. The first-order valence-corrected chi connectivity index (χ1v) is 5.18. The van der Waals surface area contributed by atoms with Gasteiger partial charge in [-0.05, 0) is 12.3 Å². The van der Waals surface area contributed by atoms with Gasteiger partial charge in [0.05, 0.1) is 0 Å². The third-order valence-corrected chi connectivity index (χ3v) is 2.46. The Bertz CT molecular complexity index is 126. The molecule has 1 rings (SSSR count). The fourth-order valence-corrected chi connectivity index (χ4v) is 1.94. The minimum absolute atomic E-state index is 0.866. The standard InChI is InChI=1S/C8H15Cl.CH2O3/c9-7-6-8-4-2-1-3-5-8;2-1(3)4/h8H,1-7H2;(H2,2,3,4). The predicted molar refractivity (Wildman–Crippen MR) is 52.6 cm³/mol. The lowest BCUT2D eigenvalue weighted by Crippen LogP contribution is -2.06. The highest BCUT2D eigenvalue weighted by Crippen LogP contribution is 2.26. The second kappa shape index (κ2) is 8.17. The highest BCUT2D eigenvalue weighted by molar-refractivity contribution is 6.17. The van der Waals surface area contributed by atoms with Crippen LogP contribution in [-0.4, -0.2) is 22.2 Å². The third kappa shape index (κ3) is 9.47. The molecule has 1 aliphatic carbocycles. The molecule has 0 amide bonds. The normalized spacial score (nSPS) is 17.3. The maximum absolute atomic E-state index is 8.56. The largest absolute Gasteiger partial charge is 0.503 e. The van der Waals surface area contributed by atoms with Crippen LogP contribution in [0.2, 0.25) is 0 Å². The second-order valence-electron chi connectivity index (χ2n) is 3.26. The Labute approximate surface area is 83.7 Å². The average Bonchev–Trinajstić information content (AvgIpc) is 2.06. The van der Waals surface area contributed by atoms with Crippen LogP contribution in [0.1, 0.15) is 38.5 Å². The van der Waals surface area contributed by atoms with Gasteiger partial charge in [0.15, 0.2) is 0 Å². The molecule has 0 bridgehead atoms. The topological polar surface area (TPSA) is 57.5 Å². The van der Waals surface area contributed by atoms with E-state index in [1.54, 1.807) is 0 Å². The molecule has 0 radical (unpaired) electrons. The van der Waals surface area contributed by atoms with Crippen molar-refractivity contribution in [3.63, 3.8) is 0 Å².